The maximum Gasteiger partial charge on any atom is 0.0722 e. The zero-order chi connectivity index (χ0) is 43.6. The molecule has 7 aromatic carbocycles. The molecule has 0 saturated heterocycles. The molecule has 2 aliphatic carbocycles. The lowest BCUT2D eigenvalue weighted by Gasteiger charge is -2.21. The van der Waals surface area contributed by atoms with Gasteiger partial charge in [0.2, 0.25) is 0 Å². The van der Waals surface area contributed by atoms with Crippen LogP contribution in [0.1, 0.15) is 46.9 Å². The van der Waals surface area contributed by atoms with E-state index in [1.807, 2.05) is 6.08 Å². The average molecular weight is 837 g/mol. The quantitative estimate of drug-likeness (QED) is 0.117. The molecule has 0 radical (unpaired) electrons. The fourth-order valence-electron chi connectivity index (χ4n) is 10.7. The minimum atomic E-state index is 0.937. The summed E-state index contributed by atoms with van der Waals surface area (Å²) in [6, 6.07) is 58.4. The van der Waals surface area contributed by atoms with Crippen LogP contribution in [0.5, 0.6) is 0 Å². The molecule has 0 aliphatic heterocycles. The van der Waals surface area contributed by atoms with E-state index < -0.39 is 0 Å². The third-order valence-corrected chi connectivity index (χ3v) is 13.8. The van der Waals surface area contributed by atoms with Gasteiger partial charge < -0.3 is 9.98 Å². The summed E-state index contributed by atoms with van der Waals surface area (Å²) < 4.78 is 7.09. The number of aryl methyl sites for hydroxylation is 3. The number of aromatic nitrogens is 3. The van der Waals surface area contributed by atoms with Crippen LogP contribution in [0.2, 0.25) is 0 Å². The van der Waals surface area contributed by atoms with Crippen molar-refractivity contribution < 1.29 is 0 Å². The minimum absolute atomic E-state index is 0.937. The van der Waals surface area contributed by atoms with Gasteiger partial charge in [0, 0.05) is 52.2 Å². The Labute approximate surface area is 379 Å². The van der Waals surface area contributed by atoms with Gasteiger partial charge in [-0.25, -0.2) is 4.68 Å². The smallest absolute Gasteiger partial charge is 0.0722 e. The van der Waals surface area contributed by atoms with Crippen LogP contribution in [0.15, 0.2) is 188 Å². The van der Waals surface area contributed by atoms with Crippen molar-refractivity contribution in [2.75, 3.05) is 0 Å². The number of nitrogens with zero attached hydrogens (tertiary/aromatic N) is 3. The van der Waals surface area contributed by atoms with Crippen molar-refractivity contribution >= 4 is 56.8 Å². The molecule has 3 heterocycles. The van der Waals surface area contributed by atoms with Gasteiger partial charge in [-0.05, 0) is 178 Å². The van der Waals surface area contributed by atoms with Gasteiger partial charge in [0.15, 0.2) is 0 Å². The third kappa shape index (κ3) is 6.56. The van der Waals surface area contributed by atoms with E-state index in [0.717, 1.165) is 31.3 Å². The molecule has 0 unspecified atom stereocenters. The molecule has 0 saturated carbocycles. The fraction of sp³-hybridized carbons (Fsp3) is 0.0984. The lowest BCUT2D eigenvalue weighted by molar-refractivity contribution is 0.717. The zero-order valence-electron chi connectivity index (χ0n) is 36.7. The van der Waals surface area contributed by atoms with Crippen molar-refractivity contribution in [1.82, 2.24) is 13.9 Å². The second kappa shape index (κ2) is 15.7. The molecule has 12 rings (SSSR count). The molecule has 2 aliphatic rings. The third-order valence-electron chi connectivity index (χ3n) is 13.8. The number of nitrogens with one attached hydrogen (secondary N) is 1. The Bertz CT molecular complexity index is 3620. The molecule has 312 valence electrons. The Morgan fingerprint density at radius 1 is 0.538 bits per heavy atom. The second-order valence-electron chi connectivity index (χ2n) is 17.8. The first-order valence-corrected chi connectivity index (χ1v) is 22.8. The lowest BCUT2D eigenvalue weighted by Crippen LogP contribution is -2.08. The van der Waals surface area contributed by atoms with Crippen LogP contribution >= 0.6 is 0 Å². The molecule has 0 spiro atoms. The second-order valence-corrected chi connectivity index (χ2v) is 17.8. The van der Waals surface area contributed by atoms with E-state index in [4.69, 9.17) is 5.41 Å². The van der Waals surface area contributed by atoms with Gasteiger partial charge in [-0.1, -0.05) is 115 Å². The molecule has 4 nitrogen and oxygen atoms in total. The summed E-state index contributed by atoms with van der Waals surface area (Å²) in [5.41, 5.74) is 24.1. The molecule has 0 bridgehead atoms. The number of rotatable bonds is 8. The normalized spacial score (nSPS) is 13.6. The number of fused-ring (bicyclic) bond motifs is 9. The van der Waals surface area contributed by atoms with Crippen molar-refractivity contribution in [3.63, 3.8) is 0 Å². The van der Waals surface area contributed by atoms with E-state index in [2.05, 4.69) is 216 Å². The molecular weight excluding hydrogens is 789 g/mol. The van der Waals surface area contributed by atoms with Gasteiger partial charge in [0.1, 0.15) is 0 Å². The first-order valence-electron chi connectivity index (χ1n) is 22.8. The van der Waals surface area contributed by atoms with E-state index in [1.165, 1.54) is 123 Å². The molecule has 10 aromatic rings. The predicted molar refractivity (Wildman–Crippen MR) is 275 cm³/mol. The maximum atomic E-state index is 7.73. The summed E-state index contributed by atoms with van der Waals surface area (Å²) in [7, 11) is 0. The van der Waals surface area contributed by atoms with E-state index in [0.29, 0.717) is 0 Å². The molecule has 1 N–H and O–H groups in total. The summed E-state index contributed by atoms with van der Waals surface area (Å²) in [6.07, 6.45) is 18.4. The Balaban J connectivity index is 1.05. The largest absolute Gasteiger partial charge is 0.320 e. The minimum Gasteiger partial charge on any atom is -0.320 e. The van der Waals surface area contributed by atoms with E-state index in [1.54, 1.807) is 0 Å². The van der Waals surface area contributed by atoms with Crippen molar-refractivity contribution in [3.8, 4) is 44.5 Å². The molecule has 65 heavy (non-hydrogen) atoms. The Morgan fingerprint density at radius 3 is 1.80 bits per heavy atom. The summed E-state index contributed by atoms with van der Waals surface area (Å²) in [5, 5.41) is 11.6. The summed E-state index contributed by atoms with van der Waals surface area (Å²) in [6.45, 7) is 4.23. The standard InChI is InChI=1S/C61H48N4/c1-40(27-30-62)29-32-64-58-25-23-44(50-19-11-9-17-48(50)42-13-5-3-6-14-42)33-54(58)56-35-46-21-22-47-36-57-55-34-45(51-20-12-10-18-49(51)43-15-7-4-8-16-43)24-26-59(55)65(63-31-28-41(2)39-63)61(57)38-53(47)52(46)37-60(56)64/h3-20,24,26-39,62H,21-23,25H2,1-2H3/b32-29+,40-27-,62-30?. The molecule has 4 heteroatoms. The van der Waals surface area contributed by atoms with E-state index in [-0.39, 0.29) is 0 Å². The molecule has 0 amide bonds. The molecular formula is C61H48N4. The van der Waals surface area contributed by atoms with Crippen LogP contribution in [-0.4, -0.2) is 20.1 Å². The van der Waals surface area contributed by atoms with Crippen molar-refractivity contribution in [3.05, 3.63) is 221 Å². The van der Waals surface area contributed by atoms with Gasteiger partial charge in [0.25, 0.3) is 0 Å². The Morgan fingerprint density at radius 2 is 1.14 bits per heavy atom. The fourth-order valence-corrected chi connectivity index (χ4v) is 10.7. The Hall–Kier alpha value is -7.95. The topological polar surface area (TPSA) is 38.6 Å². The first kappa shape index (κ1) is 38.7. The van der Waals surface area contributed by atoms with Gasteiger partial charge in [-0.3, -0.25) is 4.68 Å². The predicted octanol–water partition coefficient (Wildman–Crippen LogP) is 15.5. The molecule has 0 atom stereocenters. The van der Waals surface area contributed by atoms with E-state index >= 15 is 0 Å². The maximum absolute atomic E-state index is 7.73. The summed E-state index contributed by atoms with van der Waals surface area (Å²) in [4.78, 5) is 0. The van der Waals surface area contributed by atoms with Gasteiger partial charge >= 0.3 is 0 Å². The van der Waals surface area contributed by atoms with Crippen LogP contribution in [0, 0.1) is 12.3 Å². The highest BCUT2D eigenvalue weighted by Crippen LogP contribution is 2.46. The first-order chi connectivity index (χ1) is 32.0. The van der Waals surface area contributed by atoms with Crippen molar-refractivity contribution in [2.45, 2.75) is 39.5 Å². The number of hydrogen-bond acceptors (Lipinski definition) is 1. The van der Waals surface area contributed by atoms with E-state index in [9.17, 15) is 0 Å². The number of hydrogen-bond donors (Lipinski definition) is 1. The highest BCUT2D eigenvalue weighted by Gasteiger charge is 2.26. The highest BCUT2D eigenvalue weighted by molar-refractivity contribution is 6.12. The van der Waals surface area contributed by atoms with Gasteiger partial charge in [-0.15, -0.1) is 0 Å². The number of allylic oxidation sites excluding steroid dienone is 4. The van der Waals surface area contributed by atoms with Gasteiger partial charge in [0.05, 0.1) is 16.6 Å². The van der Waals surface area contributed by atoms with Crippen LogP contribution in [0.25, 0.3) is 95.1 Å². The molecule has 0 fully saturated rings. The lowest BCUT2D eigenvalue weighted by atomic mass is 9.83. The van der Waals surface area contributed by atoms with Gasteiger partial charge in [-0.2, -0.15) is 0 Å². The molecule has 3 aromatic heterocycles. The van der Waals surface area contributed by atoms with Crippen LogP contribution in [0.4, 0.5) is 0 Å². The van der Waals surface area contributed by atoms with Crippen molar-refractivity contribution in [1.29, 1.82) is 5.41 Å². The van der Waals surface area contributed by atoms with Crippen LogP contribution < -0.4 is 0 Å². The SMILES string of the molecule is CC(=C/C=N)/C=C/n1c2c(c3cc4c(cc31)-c1cc3c(cc1CC4)c1cc(-c4ccccc4-c4ccccc4)ccc1n3-n1ccc(C)c1)C=C(c1ccccc1-c1ccccc1)CC2. The highest BCUT2D eigenvalue weighted by atomic mass is 15.4. The Kier molecular flexibility index (Phi) is 9.34. The number of benzene rings is 7. The summed E-state index contributed by atoms with van der Waals surface area (Å²) in [5.74, 6) is 0. The zero-order valence-corrected chi connectivity index (χ0v) is 36.7. The monoisotopic (exact) mass is 836 g/mol. The van der Waals surface area contributed by atoms with Crippen LogP contribution in [0.3, 0.4) is 0 Å². The van der Waals surface area contributed by atoms with Crippen molar-refractivity contribution in [2.24, 2.45) is 0 Å². The summed E-state index contributed by atoms with van der Waals surface area (Å²) >= 11 is 0. The van der Waals surface area contributed by atoms with Crippen LogP contribution in [-0.2, 0) is 19.3 Å². The average Bonchev–Trinajstić information content (AvgIpc) is 4.02.